The highest BCUT2D eigenvalue weighted by Gasteiger charge is 2.11. The molecule has 0 amide bonds. The van der Waals surface area contributed by atoms with Crippen LogP contribution >= 0.6 is 0 Å². The standard InChI is InChI=1S/C20H17NO4/c1-14(22)16-7-3-5-9-19(16)24-12-13-25-20(23)18-11-10-15-6-2-4-8-17(15)21-18/h2-11H,12-13H2,1H3. The Bertz CT molecular complexity index is 920. The Morgan fingerprint density at radius 2 is 1.68 bits per heavy atom. The third-order valence-corrected chi connectivity index (χ3v) is 3.65. The van der Waals surface area contributed by atoms with E-state index >= 15 is 0 Å². The molecule has 0 aliphatic heterocycles. The molecule has 0 aliphatic rings. The van der Waals surface area contributed by atoms with E-state index < -0.39 is 5.97 Å². The minimum atomic E-state index is -0.505. The molecule has 1 heterocycles. The van der Waals surface area contributed by atoms with Gasteiger partial charge in [0.15, 0.2) is 5.78 Å². The maximum absolute atomic E-state index is 12.1. The van der Waals surface area contributed by atoms with Gasteiger partial charge in [-0.25, -0.2) is 9.78 Å². The molecule has 5 heteroatoms. The normalized spacial score (nSPS) is 10.4. The van der Waals surface area contributed by atoms with Gasteiger partial charge < -0.3 is 9.47 Å². The van der Waals surface area contributed by atoms with Crippen molar-refractivity contribution in [3.63, 3.8) is 0 Å². The number of rotatable bonds is 6. The van der Waals surface area contributed by atoms with Crippen molar-refractivity contribution in [3.8, 4) is 5.75 Å². The molecule has 0 saturated heterocycles. The molecule has 0 N–H and O–H groups in total. The van der Waals surface area contributed by atoms with Crippen molar-refractivity contribution in [1.82, 2.24) is 4.98 Å². The van der Waals surface area contributed by atoms with Gasteiger partial charge in [0.1, 0.15) is 24.7 Å². The number of benzene rings is 2. The summed E-state index contributed by atoms with van der Waals surface area (Å²) in [6.07, 6.45) is 0. The quantitative estimate of drug-likeness (QED) is 0.391. The van der Waals surface area contributed by atoms with Gasteiger partial charge in [0.2, 0.25) is 0 Å². The molecule has 0 saturated carbocycles. The Morgan fingerprint density at radius 1 is 0.920 bits per heavy atom. The zero-order chi connectivity index (χ0) is 17.6. The molecule has 3 aromatic rings. The lowest BCUT2D eigenvalue weighted by molar-refractivity contribution is 0.0443. The van der Waals surface area contributed by atoms with E-state index in [1.54, 1.807) is 30.3 Å². The number of fused-ring (bicyclic) bond motifs is 1. The Morgan fingerprint density at radius 3 is 2.52 bits per heavy atom. The molecule has 0 unspecified atom stereocenters. The van der Waals surface area contributed by atoms with Gasteiger partial charge in [-0.15, -0.1) is 0 Å². The van der Waals surface area contributed by atoms with Crippen LogP contribution in [0.2, 0.25) is 0 Å². The number of ketones is 1. The number of nitrogens with zero attached hydrogens (tertiary/aromatic N) is 1. The van der Waals surface area contributed by atoms with Gasteiger partial charge >= 0.3 is 5.97 Å². The Balaban J connectivity index is 1.56. The van der Waals surface area contributed by atoms with Crippen molar-refractivity contribution in [2.24, 2.45) is 0 Å². The highest BCUT2D eigenvalue weighted by molar-refractivity contribution is 5.96. The van der Waals surface area contributed by atoms with Gasteiger partial charge in [-0.1, -0.05) is 36.4 Å². The lowest BCUT2D eigenvalue weighted by Gasteiger charge is -2.10. The number of esters is 1. The van der Waals surface area contributed by atoms with Crippen LogP contribution in [0, 0.1) is 0 Å². The summed E-state index contributed by atoms with van der Waals surface area (Å²) in [5, 5.41) is 0.961. The maximum atomic E-state index is 12.1. The smallest absolute Gasteiger partial charge is 0.357 e. The molecule has 0 fully saturated rings. The number of carbonyl (C=O) groups is 2. The average Bonchev–Trinajstić information content (AvgIpc) is 2.64. The molecule has 0 aliphatic carbocycles. The van der Waals surface area contributed by atoms with Crippen molar-refractivity contribution >= 4 is 22.7 Å². The van der Waals surface area contributed by atoms with E-state index in [-0.39, 0.29) is 24.7 Å². The second-order valence-corrected chi connectivity index (χ2v) is 5.43. The molecular formula is C20H17NO4. The Labute approximate surface area is 145 Å². The van der Waals surface area contributed by atoms with Crippen LogP contribution in [0.25, 0.3) is 10.9 Å². The minimum absolute atomic E-state index is 0.0690. The number of pyridine rings is 1. The highest BCUT2D eigenvalue weighted by atomic mass is 16.6. The number of ether oxygens (including phenoxy) is 2. The van der Waals surface area contributed by atoms with Crippen LogP contribution in [-0.2, 0) is 4.74 Å². The third kappa shape index (κ3) is 4.01. The monoisotopic (exact) mass is 335 g/mol. The fraction of sp³-hybridized carbons (Fsp3) is 0.150. The molecule has 1 aromatic heterocycles. The van der Waals surface area contributed by atoms with Crippen molar-refractivity contribution in [1.29, 1.82) is 0 Å². The van der Waals surface area contributed by atoms with Crippen molar-refractivity contribution in [2.45, 2.75) is 6.92 Å². The van der Waals surface area contributed by atoms with E-state index in [0.29, 0.717) is 11.3 Å². The van der Waals surface area contributed by atoms with Gasteiger partial charge in [0.05, 0.1) is 11.1 Å². The van der Waals surface area contributed by atoms with Crippen LogP contribution in [0.15, 0.2) is 60.7 Å². The van der Waals surface area contributed by atoms with Crippen molar-refractivity contribution in [3.05, 3.63) is 71.9 Å². The summed E-state index contributed by atoms with van der Waals surface area (Å²) in [6, 6.07) is 18.0. The second kappa shape index (κ2) is 7.57. The number of hydrogen-bond donors (Lipinski definition) is 0. The Kier molecular flexibility index (Phi) is 5.04. The molecule has 3 rings (SSSR count). The summed E-state index contributed by atoms with van der Waals surface area (Å²) in [6.45, 7) is 1.71. The zero-order valence-electron chi connectivity index (χ0n) is 13.8. The molecule has 2 aromatic carbocycles. The van der Waals surface area contributed by atoms with E-state index in [1.807, 2.05) is 30.3 Å². The number of aromatic nitrogens is 1. The summed E-state index contributed by atoms with van der Waals surface area (Å²) in [5.41, 5.74) is 1.50. The van der Waals surface area contributed by atoms with E-state index in [9.17, 15) is 9.59 Å². The molecule has 0 atom stereocenters. The zero-order valence-corrected chi connectivity index (χ0v) is 13.8. The Hall–Kier alpha value is -3.21. The van der Waals surface area contributed by atoms with E-state index in [1.165, 1.54) is 6.92 Å². The van der Waals surface area contributed by atoms with E-state index in [0.717, 1.165) is 10.9 Å². The maximum Gasteiger partial charge on any atom is 0.357 e. The topological polar surface area (TPSA) is 65.5 Å². The lowest BCUT2D eigenvalue weighted by Crippen LogP contribution is -2.14. The first kappa shape index (κ1) is 16.6. The number of carbonyl (C=O) groups excluding carboxylic acids is 2. The second-order valence-electron chi connectivity index (χ2n) is 5.43. The molecule has 126 valence electrons. The van der Waals surface area contributed by atoms with Crippen LogP contribution < -0.4 is 4.74 Å². The molecule has 5 nitrogen and oxygen atoms in total. The van der Waals surface area contributed by atoms with Gasteiger partial charge in [0, 0.05) is 5.39 Å². The van der Waals surface area contributed by atoms with Crippen LogP contribution in [0.5, 0.6) is 5.75 Å². The predicted molar refractivity (Wildman–Crippen MR) is 94.0 cm³/mol. The summed E-state index contributed by atoms with van der Waals surface area (Å²) in [5.74, 6) is -0.1000. The number of hydrogen-bond acceptors (Lipinski definition) is 5. The van der Waals surface area contributed by atoms with Gasteiger partial charge in [-0.05, 0) is 31.2 Å². The van der Waals surface area contributed by atoms with Crippen LogP contribution in [0.4, 0.5) is 0 Å². The van der Waals surface area contributed by atoms with Crippen molar-refractivity contribution < 1.29 is 19.1 Å². The summed E-state index contributed by atoms with van der Waals surface area (Å²) in [7, 11) is 0. The highest BCUT2D eigenvalue weighted by Crippen LogP contribution is 2.18. The largest absolute Gasteiger partial charge is 0.489 e. The van der Waals surface area contributed by atoms with Gasteiger partial charge in [-0.3, -0.25) is 4.79 Å². The SMILES string of the molecule is CC(=O)c1ccccc1OCCOC(=O)c1ccc2ccccc2n1. The fourth-order valence-corrected chi connectivity index (χ4v) is 2.42. The minimum Gasteiger partial charge on any atom is -0.489 e. The first-order chi connectivity index (χ1) is 12.1. The first-order valence-corrected chi connectivity index (χ1v) is 7.91. The first-order valence-electron chi connectivity index (χ1n) is 7.91. The van der Waals surface area contributed by atoms with E-state index in [2.05, 4.69) is 4.98 Å². The summed E-state index contributed by atoms with van der Waals surface area (Å²) < 4.78 is 10.7. The molecular weight excluding hydrogens is 318 g/mol. The van der Waals surface area contributed by atoms with Crippen molar-refractivity contribution in [2.75, 3.05) is 13.2 Å². The number of Topliss-reactive ketones (excluding diaryl/α,β-unsaturated/α-hetero) is 1. The van der Waals surface area contributed by atoms with E-state index in [4.69, 9.17) is 9.47 Å². The molecule has 25 heavy (non-hydrogen) atoms. The molecule has 0 spiro atoms. The third-order valence-electron chi connectivity index (χ3n) is 3.65. The van der Waals surface area contributed by atoms with Gasteiger partial charge in [-0.2, -0.15) is 0 Å². The number of para-hydroxylation sites is 2. The predicted octanol–water partition coefficient (Wildman–Crippen LogP) is 3.67. The van der Waals surface area contributed by atoms with Gasteiger partial charge in [0.25, 0.3) is 0 Å². The van der Waals surface area contributed by atoms with Crippen LogP contribution in [0.3, 0.4) is 0 Å². The molecule has 0 radical (unpaired) electrons. The fourth-order valence-electron chi connectivity index (χ4n) is 2.42. The van der Waals surface area contributed by atoms with Crippen LogP contribution in [0.1, 0.15) is 27.8 Å². The lowest BCUT2D eigenvalue weighted by atomic mass is 10.1. The summed E-state index contributed by atoms with van der Waals surface area (Å²) in [4.78, 5) is 27.9. The van der Waals surface area contributed by atoms with Crippen LogP contribution in [-0.4, -0.2) is 30.0 Å². The average molecular weight is 335 g/mol. The summed E-state index contributed by atoms with van der Waals surface area (Å²) >= 11 is 0. The molecule has 0 bridgehead atoms.